The maximum atomic E-state index is 10.3. The Hall–Kier alpha value is -2.05. The zero-order valence-electron chi connectivity index (χ0n) is 15.2. The van der Waals surface area contributed by atoms with Gasteiger partial charge in [0, 0.05) is 20.1 Å². The van der Waals surface area contributed by atoms with E-state index in [1.807, 2.05) is 12.1 Å². The standard InChI is InChI=1S/C8H8BrClN4.C7H4BrClO.CH6N4.CH4.ClH/c9-7-5(2-1-3-6(7)10)4-13-14-8(11)12;8-7-5(4-10)2-1-3-6(7)9;2-1(3)5-4;;/h1-4H,(H4,11,12,14);1-4H;4H2,(H4,2,3,5);1H4;1H/b13-4+;;;;. The lowest BCUT2D eigenvalue weighted by atomic mass is 10.2. The molecule has 2 aromatic carbocycles. The SMILES string of the molecule is C.Cl.NC(N)=N/N=C/c1cccc(Cl)c1Br.NN=C(N)N.O=Cc1cccc(Cl)c1Br. The lowest BCUT2D eigenvalue weighted by molar-refractivity contribution is 0.112. The van der Waals surface area contributed by atoms with Crippen molar-refractivity contribution < 1.29 is 4.79 Å². The summed E-state index contributed by atoms with van der Waals surface area (Å²) in [4.78, 5) is 10.3. The van der Waals surface area contributed by atoms with Gasteiger partial charge in [0.1, 0.15) is 0 Å². The molecule has 0 radical (unpaired) electrons. The minimum atomic E-state index is -0.0926. The van der Waals surface area contributed by atoms with E-state index in [1.54, 1.807) is 24.3 Å². The molecular weight excluding hydrogens is 598 g/mol. The van der Waals surface area contributed by atoms with Gasteiger partial charge in [0.25, 0.3) is 0 Å². The summed E-state index contributed by atoms with van der Waals surface area (Å²) in [5.41, 5.74) is 21.0. The topological polar surface area (TPSA) is 184 Å². The highest BCUT2D eigenvalue weighted by Crippen LogP contribution is 2.25. The fourth-order valence-corrected chi connectivity index (χ4v) is 2.48. The average Bonchev–Trinajstić information content (AvgIpc) is 2.68. The monoisotopic (exact) mass is 618 g/mol. The first kappa shape index (κ1) is 33.6. The van der Waals surface area contributed by atoms with E-state index < -0.39 is 0 Å². The summed E-state index contributed by atoms with van der Waals surface area (Å²) in [6.45, 7) is 0. The largest absolute Gasteiger partial charge is 0.369 e. The number of halogens is 5. The number of hydrogen-bond donors (Lipinski definition) is 5. The molecule has 0 aliphatic carbocycles. The first-order valence-electron chi connectivity index (χ1n) is 7.38. The molecule has 0 unspecified atom stereocenters. The lowest BCUT2D eigenvalue weighted by Gasteiger charge is -1.98. The third-order valence-electron chi connectivity index (χ3n) is 2.61. The van der Waals surface area contributed by atoms with Crippen LogP contribution in [0.3, 0.4) is 0 Å². The average molecular weight is 622 g/mol. The number of nitrogens with two attached hydrogens (primary N) is 5. The third kappa shape index (κ3) is 14.6. The Morgan fingerprint density at radius 3 is 1.65 bits per heavy atom. The highest BCUT2D eigenvalue weighted by molar-refractivity contribution is 9.11. The Labute approximate surface area is 213 Å². The van der Waals surface area contributed by atoms with Crippen molar-refractivity contribution in [2.75, 3.05) is 0 Å². The van der Waals surface area contributed by atoms with E-state index in [0.717, 1.165) is 16.3 Å². The van der Waals surface area contributed by atoms with Crippen LogP contribution in [-0.4, -0.2) is 24.4 Å². The second kappa shape index (κ2) is 18.7. The molecule has 0 aromatic heterocycles. The number of nitrogens with zero attached hydrogens (tertiary/aromatic N) is 3. The van der Waals surface area contributed by atoms with Gasteiger partial charge in [-0.2, -0.15) is 5.10 Å². The van der Waals surface area contributed by atoms with Crippen molar-refractivity contribution in [3.05, 3.63) is 66.5 Å². The normalized spacial score (nSPS) is 8.77. The van der Waals surface area contributed by atoms with Crippen LogP contribution >= 0.6 is 67.5 Å². The van der Waals surface area contributed by atoms with Gasteiger partial charge in [-0.25, -0.2) is 0 Å². The highest BCUT2D eigenvalue weighted by atomic mass is 79.9. The predicted molar refractivity (Wildman–Crippen MR) is 141 cm³/mol. The number of aldehydes is 1. The van der Waals surface area contributed by atoms with Crippen LogP contribution in [0.5, 0.6) is 0 Å². The second-order valence-electron chi connectivity index (χ2n) is 4.73. The number of guanidine groups is 2. The fraction of sp³-hybridized carbons (Fsp3) is 0.0588. The molecule has 2 rings (SSSR count). The minimum Gasteiger partial charge on any atom is -0.369 e. The molecule has 0 heterocycles. The summed E-state index contributed by atoms with van der Waals surface area (Å²) in [6, 6.07) is 10.6. The molecule has 0 aliphatic rings. The second-order valence-corrected chi connectivity index (χ2v) is 7.13. The lowest BCUT2D eigenvalue weighted by Crippen LogP contribution is -2.23. The van der Waals surface area contributed by atoms with Crippen LogP contribution < -0.4 is 28.8 Å². The molecule has 31 heavy (non-hydrogen) atoms. The van der Waals surface area contributed by atoms with Gasteiger partial charge >= 0.3 is 0 Å². The van der Waals surface area contributed by atoms with E-state index in [9.17, 15) is 4.79 Å². The number of hydrogen-bond acceptors (Lipinski definition) is 5. The summed E-state index contributed by atoms with van der Waals surface area (Å²) in [5, 5.41) is 11.2. The van der Waals surface area contributed by atoms with Crippen LogP contribution in [0.4, 0.5) is 0 Å². The molecule has 2 aromatic rings. The summed E-state index contributed by atoms with van der Waals surface area (Å²) < 4.78 is 1.42. The van der Waals surface area contributed by atoms with Crippen molar-refractivity contribution in [2.45, 2.75) is 7.43 Å². The summed E-state index contributed by atoms with van der Waals surface area (Å²) >= 11 is 18.0. The van der Waals surface area contributed by atoms with E-state index in [-0.39, 0.29) is 31.8 Å². The number of carbonyl (C=O) groups excluding carboxylic acids is 1. The van der Waals surface area contributed by atoms with Crippen molar-refractivity contribution in [3.63, 3.8) is 0 Å². The number of carbonyl (C=O) groups is 1. The molecule has 0 atom stereocenters. The maximum absolute atomic E-state index is 10.3. The van der Waals surface area contributed by atoms with Crippen molar-refractivity contribution in [3.8, 4) is 0 Å². The summed E-state index contributed by atoms with van der Waals surface area (Å²) in [6.07, 6.45) is 2.27. The molecule has 0 fully saturated rings. The zero-order chi connectivity index (χ0) is 22.4. The predicted octanol–water partition coefficient (Wildman–Crippen LogP) is 3.82. The van der Waals surface area contributed by atoms with Crippen LogP contribution in [0.15, 0.2) is 60.6 Å². The number of rotatable bonds is 3. The van der Waals surface area contributed by atoms with Crippen LogP contribution in [0.1, 0.15) is 23.3 Å². The first-order valence-corrected chi connectivity index (χ1v) is 9.72. The molecule has 172 valence electrons. The third-order valence-corrected chi connectivity index (χ3v) is 5.47. The van der Waals surface area contributed by atoms with Gasteiger partial charge in [0.05, 0.1) is 16.3 Å². The number of benzene rings is 2. The van der Waals surface area contributed by atoms with Crippen LogP contribution in [-0.2, 0) is 0 Å². The fourth-order valence-electron chi connectivity index (χ4n) is 1.39. The molecule has 0 aliphatic heterocycles. The molecule has 14 heteroatoms. The van der Waals surface area contributed by atoms with Crippen molar-refractivity contribution in [2.24, 2.45) is 44.1 Å². The van der Waals surface area contributed by atoms with Crippen molar-refractivity contribution in [1.29, 1.82) is 0 Å². The minimum absolute atomic E-state index is 0. The Balaban J connectivity index is -0.000000407. The molecular formula is C17H23Br2Cl3N8O. The molecule has 0 saturated carbocycles. The molecule has 9 nitrogen and oxygen atoms in total. The van der Waals surface area contributed by atoms with Gasteiger partial charge in [-0.15, -0.1) is 22.6 Å². The molecule has 0 amide bonds. The first-order chi connectivity index (χ1) is 13.6. The van der Waals surface area contributed by atoms with E-state index in [1.165, 1.54) is 6.21 Å². The van der Waals surface area contributed by atoms with Gasteiger partial charge in [-0.3, -0.25) is 4.79 Å². The Morgan fingerprint density at radius 1 is 0.871 bits per heavy atom. The van der Waals surface area contributed by atoms with Gasteiger partial charge in [-0.05, 0) is 44.0 Å². The molecule has 10 N–H and O–H groups in total. The summed E-state index contributed by atoms with van der Waals surface area (Å²) in [7, 11) is 0. The quantitative estimate of drug-likeness (QED) is 0.114. The summed E-state index contributed by atoms with van der Waals surface area (Å²) in [5.74, 6) is 4.33. The maximum Gasteiger partial charge on any atom is 0.211 e. The van der Waals surface area contributed by atoms with Gasteiger partial charge in [-0.1, -0.05) is 54.9 Å². The smallest absolute Gasteiger partial charge is 0.211 e. The van der Waals surface area contributed by atoms with Crippen molar-refractivity contribution in [1.82, 2.24) is 0 Å². The Morgan fingerprint density at radius 2 is 1.29 bits per heavy atom. The van der Waals surface area contributed by atoms with E-state index in [2.05, 4.69) is 53.0 Å². The van der Waals surface area contributed by atoms with E-state index >= 15 is 0 Å². The van der Waals surface area contributed by atoms with Crippen molar-refractivity contribution >= 4 is 91.9 Å². The zero-order valence-corrected chi connectivity index (χ0v) is 20.7. The number of hydrazone groups is 1. The van der Waals surface area contributed by atoms with Gasteiger partial charge in [0.15, 0.2) is 6.29 Å². The Kier molecular flexibility index (Phi) is 20.3. The Bertz CT molecular complexity index is 903. The molecule has 0 spiro atoms. The van der Waals surface area contributed by atoms with Crippen LogP contribution in [0.2, 0.25) is 10.0 Å². The van der Waals surface area contributed by atoms with Crippen LogP contribution in [0, 0.1) is 0 Å². The van der Waals surface area contributed by atoms with Crippen LogP contribution in [0.25, 0.3) is 0 Å². The molecule has 0 saturated heterocycles. The van der Waals surface area contributed by atoms with E-state index in [0.29, 0.717) is 20.1 Å². The molecule has 0 bridgehead atoms. The van der Waals surface area contributed by atoms with Gasteiger partial charge < -0.3 is 28.8 Å². The van der Waals surface area contributed by atoms with Gasteiger partial charge in [0.2, 0.25) is 11.9 Å². The van der Waals surface area contributed by atoms with E-state index in [4.69, 9.17) is 46.1 Å². The highest BCUT2D eigenvalue weighted by Gasteiger charge is 2.01.